The van der Waals surface area contributed by atoms with Gasteiger partial charge in [0.15, 0.2) is 0 Å². The van der Waals surface area contributed by atoms with Crippen LogP contribution >= 0.6 is 7.75 Å². The van der Waals surface area contributed by atoms with E-state index in [0.29, 0.717) is 22.8 Å². The molecule has 6 aromatic rings. The molecule has 55 heavy (non-hydrogen) atoms. The van der Waals surface area contributed by atoms with Crippen molar-refractivity contribution in [2.75, 3.05) is 0 Å². The van der Waals surface area contributed by atoms with Crippen LogP contribution in [0.3, 0.4) is 0 Å². The van der Waals surface area contributed by atoms with Gasteiger partial charge in [-0.2, -0.15) is 0 Å². The Hall–Kier alpha value is -5.79. The van der Waals surface area contributed by atoms with Gasteiger partial charge in [-0.1, -0.05) is 50.2 Å². The summed E-state index contributed by atoms with van der Waals surface area (Å²) in [4.78, 5) is 65.6. The van der Waals surface area contributed by atoms with Crippen molar-refractivity contribution in [2.45, 2.75) is 64.2 Å². The number of fused-ring (bicyclic) bond motifs is 10. The van der Waals surface area contributed by atoms with Gasteiger partial charge in [0.2, 0.25) is 11.2 Å². The minimum Gasteiger partial charge on any atom is -0.458 e. The van der Waals surface area contributed by atoms with E-state index in [1.165, 1.54) is 0 Å². The summed E-state index contributed by atoms with van der Waals surface area (Å²) in [5.74, 6) is -1.87. The van der Waals surface area contributed by atoms with Gasteiger partial charge < -0.3 is 18.6 Å². The number of pyridine rings is 4. The van der Waals surface area contributed by atoms with Gasteiger partial charge in [-0.25, -0.2) is 29.6 Å². The fraction of sp³-hybridized carbons (Fsp3) is 0.250. The van der Waals surface area contributed by atoms with Gasteiger partial charge in [0, 0.05) is 33.0 Å². The first-order valence-electron chi connectivity index (χ1n) is 17.9. The van der Waals surface area contributed by atoms with Crippen molar-refractivity contribution in [3.05, 3.63) is 127 Å². The Morgan fingerprint density at radius 3 is 1.53 bits per heavy atom. The van der Waals surface area contributed by atoms with Crippen molar-refractivity contribution < 1.29 is 32.7 Å². The van der Waals surface area contributed by atoms with Crippen molar-refractivity contribution in [3.63, 3.8) is 0 Å². The number of cyclic esters (lactones) is 2. The molecule has 10 rings (SSSR count). The normalized spacial score (nSPS) is 21.5. The van der Waals surface area contributed by atoms with Gasteiger partial charge in [0.1, 0.15) is 13.2 Å². The smallest absolute Gasteiger partial charge is 0.405 e. The van der Waals surface area contributed by atoms with Crippen molar-refractivity contribution >= 4 is 41.5 Å². The summed E-state index contributed by atoms with van der Waals surface area (Å²) < 4.78 is 41.0. The fourth-order valence-corrected chi connectivity index (χ4v) is 10.1. The molecule has 2 aromatic carbocycles. The number of nitrogens with zero attached hydrogens (tertiary/aromatic N) is 4. The Balaban J connectivity index is 1.08. The summed E-state index contributed by atoms with van der Waals surface area (Å²) in [7, 11) is -5.00. The van der Waals surface area contributed by atoms with Crippen LogP contribution in [0, 0.1) is 0 Å². The highest BCUT2D eigenvalue weighted by Gasteiger charge is 2.57. The average molecular weight is 758 g/mol. The highest BCUT2D eigenvalue weighted by molar-refractivity contribution is 7.51. The van der Waals surface area contributed by atoms with Gasteiger partial charge in [-0.15, -0.1) is 0 Å². The molecule has 15 heteroatoms. The molecule has 4 aliphatic heterocycles. The van der Waals surface area contributed by atoms with Gasteiger partial charge in [-0.3, -0.25) is 18.6 Å². The molecule has 2 unspecified atom stereocenters. The van der Waals surface area contributed by atoms with Crippen LogP contribution in [0.1, 0.15) is 60.1 Å². The maximum Gasteiger partial charge on any atom is 0.405 e. The Labute approximate surface area is 312 Å². The molecule has 0 amide bonds. The van der Waals surface area contributed by atoms with Crippen molar-refractivity contribution in [1.82, 2.24) is 19.1 Å². The summed E-state index contributed by atoms with van der Waals surface area (Å²) in [6.07, 6.45) is -0.342. The van der Waals surface area contributed by atoms with E-state index in [0.717, 1.165) is 32.9 Å². The molecule has 0 bridgehead atoms. The molecule has 0 saturated carbocycles. The minimum atomic E-state index is -5.00. The van der Waals surface area contributed by atoms with E-state index in [1.807, 2.05) is 60.7 Å². The number of para-hydroxylation sites is 2. The van der Waals surface area contributed by atoms with E-state index < -0.39 is 42.0 Å². The van der Waals surface area contributed by atoms with Crippen molar-refractivity contribution in [2.24, 2.45) is 5.50 Å². The molecule has 14 nitrogen and oxygen atoms in total. The lowest BCUT2D eigenvalue weighted by Gasteiger charge is -2.40. The molecule has 2 atom stereocenters. The summed E-state index contributed by atoms with van der Waals surface area (Å²) in [5.41, 5.74) is 6.76. The highest BCUT2D eigenvalue weighted by Crippen LogP contribution is 2.57. The monoisotopic (exact) mass is 757 g/mol. The third-order valence-electron chi connectivity index (χ3n) is 11.3. The van der Waals surface area contributed by atoms with E-state index in [-0.39, 0.29) is 61.4 Å². The quantitative estimate of drug-likeness (QED) is 0.171. The van der Waals surface area contributed by atoms with Crippen LogP contribution in [-0.4, -0.2) is 31.0 Å². The second-order valence-corrected chi connectivity index (χ2v) is 15.7. The number of rotatable bonds is 6. The minimum absolute atomic E-state index is 0.114. The van der Waals surface area contributed by atoms with Gasteiger partial charge >= 0.3 is 19.7 Å². The van der Waals surface area contributed by atoms with Gasteiger partial charge in [-0.05, 0) is 49.2 Å². The number of nitrogens with two attached hydrogens (primary N) is 1. The number of ether oxygens (including phenoxy) is 2. The number of hydrogen-bond donors (Lipinski definition) is 1. The lowest BCUT2D eigenvalue weighted by molar-refractivity contribution is -0.175. The van der Waals surface area contributed by atoms with Gasteiger partial charge in [0.25, 0.3) is 11.1 Å². The molecular formula is C40H32N5O9P. The van der Waals surface area contributed by atoms with Gasteiger partial charge in [0.05, 0.1) is 58.0 Å². The Kier molecular flexibility index (Phi) is 7.12. The molecular weight excluding hydrogens is 725 g/mol. The van der Waals surface area contributed by atoms with Crippen LogP contribution in [0.2, 0.25) is 0 Å². The first kappa shape index (κ1) is 33.8. The fourth-order valence-electron chi connectivity index (χ4n) is 8.58. The number of hydrogen-bond acceptors (Lipinski definition) is 11. The van der Waals surface area contributed by atoms with Crippen LogP contribution in [0.5, 0.6) is 0 Å². The summed E-state index contributed by atoms with van der Waals surface area (Å²) in [5, 5.41) is 1.82. The zero-order chi connectivity index (χ0) is 38.0. The Bertz CT molecular complexity index is 2730. The molecule has 0 saturated heterocycles. The standard InChI is InChI=1S/C40H32N5O9P/c1-3-39(27-15-31-33-23(13-21-9-5-7-11-29(21)42-33)17-44(31)35(46)25(27)19-51-37(39)48)53-55(41,50)54-40(4-2)28-16-32-34-24(14-22-10-6-8-12-30(22)43-34)18-45(32)36(47)26(28)20-52-38(40)49/h5-16H,3-4,17-20H2,1-2H3,(H2,41,50). The van der Waals surface area contributed by atoms with Crippen LogP contribution in [0.25, 0.3) is 44.6 Å². The second kappa shape index (κ2) is 11.6. The number of carbonyl (C=O) groups excluding carboxylic acids is 2. The van der Waals surface area contributed by atoms with E-state index in [1.54, 1.807) is 35.1 Å². The molecule has 0 aliphatic carbocycles. The maximum absolute atomic E-state index is 14.6. The third-order valence-corrected chi connectivity index (χ3v) is 12.5. The molecule has 0 fully saturated rings. The zero-order valence-corrected chi connectivity index (χ0v) is 30.6. The topological polar surface area (TPSA) is 184 Å². The van der Waals surface area contributed by atoms with Crippen molar-refractivity contribution in [3.8, 4) is 22.8 Å². The zero-order valence-electron chi connectivity index (χ0n) is 29.7. The predicted molar refractivity (Wildman–Crippen MR) is 199 cm³/mol. The predicted octanol–water partition coefficient (Wildman–Crippen LogP) is 5.29. The van der Waals surface area contributed by atoms with Crippen molar-refractivity contribution in [1.29, 1.82) is 0 Å². The Morgan fingerprint density at radius 2 is 1.11 bits per heavy atom. The third kappa shape index (κ3) is 4.69. The van der Waals surface area contributed by atoms with E-state index in [2.05, 4.69) is 0 Å². The van der Waals surface area contributed by atoms with E-state index in [4.69, 9.17) is 34.0 Å². The number of esters is 2. The first-order valence-corrected chi connectivity index (χ1v) is 19.5. The SMILES string of the molecule is CCC1(OP(N)(=O)OC2(CC)C(=O)OCc3c2cc2n(c3=O)Cc3cc4ccccc4nc3-2)C(=O)OCc2c1cc1n(c2=O)Cc2cc3ccccc3nc2-1. The summed E-state index contributed by atoms with van der Waals surface area (Å²) in [6.45, 7) is 3.00. The average Bonchev–Trinajstić information content (AvgIpc) is 3.73. The summed E-state index contributed by atoms with van der Waals surface area (Å²) >= 11 is 0. The van der Waals surface area contributed by atoms with E-state index >= 15 is 0 Å². The molecule has 4 aromatic heterocycles. The highest BCUT2D eigenvalue weighted by atomic mass is 31.2. The molecule has 4 aliphatic rings. The van der Waals surface area contributed by atoms with Crippen LogP contribution in [-0.2, 0) is 70.2 Å². The Morgan fingerprint density at radius 1 is 0.691 bits per heavy atom. The maximum atomic E-state index is 14.6. The van der Waals surface area contributed by atoms with E-state index in [9.17, 15) is 23.7 Å². The number of aromatic nitrogens is 4. The number of benzene rings is 2. The van der Waals surface area contributed by atoms with Crippen LogP contribution in [0.15, 0.2) is 82.4 Å². The second-order valence-electron chi connectivity index (χ2n) is 14.2. The van der Waals surface area contributed by atoms with Crippen LogP contribution in [0.4, 0.5) is 0 Å². The summed E-state index contributed by atoms with van der Waals surface area (Å²) in [6, 6.07) is 22.4. The lowest BCUT2D eigenvalue weighted by Crippen LogP contribution is -2.49. The number of carbonyl (C=O) groups is 2. The molecule has 2 N–H and O–H groups in total. The van der Waals surface area contributed by atoms with Crippen LogP contribution < -0.4 is 16.6 Å². The lowest BCUT2D eigenvalue weighted by atomic mass is 9.86. The largest absolute Gasteiger partial charge is 0.458 e. The molecule has 276 valence electrons. The molecule has 8 heterocycles. The first-order chi connectivity index (χ1) is 26.5. The molecule has 0 spiro atoms. The molecule has 0 radical (unpaired) electrons.